The SMILES string of the molecule is CCC[C@@H]1NC(=O)[C@H](CCC(=O)O)NC(=O)CNC(=O)[C@H](CC(C)C)NC(=O)[C@H](Cc2c[nH]cn2)NC(=O)[C@@H]2CCc3cn(nn3)CCCC[C@H](NC1=O)C(=O)N[C@@H](Cc1c[nH]c3ccccc13)C(=O)N[C@H](C(=O)N[C@H](C(N)=O)[C@@H](C)O)CSSC[C@H](NC(=O)[C@@H](N)CC(=O)O)C(=O)N[C@@H](C)C(=O)N2. The van der Waals surface area contributed by atoms with Crippen LogP contribution in [0.1, 0.15) is 116 Å². The molecule has 2 aliphatic heterocycles. The number of hydrogen-bond acceptors (Lipinski definition) is 22. The van der Waals surface area contributed by atoms with E-state index in [1.54, 1.807) is 51.2 Å². The number of nitrogens with two attached hydrogens (primary N) is 2. The van der Waals surface area contributed by atoms with Gasteiger partial charge in [-0.25, -0.2) is 4.98 Å². The molecule has 1 aromatic carbocycles. The molecule has 568 valence electrons. The number of carboxylic acid groups (broad SMARTS) is 2. The summed E-state index contributed by atoms with van der Waals surface area (Å²) in [7, 11) is 1.60. The van der Waals surface area contributed by atoms with Crippen LogP contribution < -0.4 is 75.3 Å². The Morgan fingerprint density at radius 2 is 1.34 bits per heavy atom. The van der Waals surface area contributed by atoms with E-state index in [2.05, 4.69) is 89.1 Å². The Morgan fingerprint density at radius 1 is 0.702 bits per heavy atom. The molecule has 5 heterocycles. The zero-order chi connectivity index (χ0) is 76.3. The summed E-state index contributed by atoms with van der Waals surface area (Å²) in [5, 5.41) is 69.4. The highest BCUT2D eigenvalue weighted by atomic mass is 33.1. The van der Waals surface area contributed by atoms with Crippen LogP contribution in [0.15, 0.2) is 49.2 Å². The lowest BCUT2D eigenvalue weighted by Gasteiger charge is -2.28. The van der Waals surface area contributed by atoms with Gasteiger partial charge in [-0.1, -0.05) is 72.2 Å². The first-order valence-electron chi connectivity index (χ1n) is 33.8. The molecule has 13 amide bonds. The van der Waals surface area contributed by atoms with Gasteiger partial charge < -0.3 is 101 Å². The van der Waals surface area contributed by atoms with Crippen LogP contribution in [0.5, 0.6) is 0 Å². The number of aryl methyl sites for hydroxylation is 2. The van der Waals surface area contributed by atoms with Crippen LogP contribution >= 0.6 is 21.6 Å². The first-order chi connectivity index (χ1) is 49.4. The van der Waals surface area contributed by atoms with Crippen LogP contribution in [0.25, 0.3) is 10.9 Å². The lowest BCUT2D eigenvalue weighted by molar-refractivity contribution is -0.140. The number of nitrogens with one attached hydrogen (secondary N) is 14. The second kappa shape index (κ2) is 40.6. The highest BCUT2D eigenvalue weighted by Gasteiger charge is 2.38. The molecular weight excluding hydrogens is 1400 g/mol. The summed E-state index contributed by atoms with van der Waals surface area (Å²) in [5.74, 6) is -17.2. The van der Waals surface area contributed by atoms with Gasteiger partial charge in [-0.15, -0.1) is 5.10 Å². The minimum atomic E-state index is -1.73. The predicted molar refractivity (Wildman–Crippen MR) is 374 cm³/mol. The van der Waals surface area contributed by atoms with Crippen LogP contribution in [0.4, 0.5) is 0 Å². The number of aliphatic hydroxyl groups is 1. The predicted octanol–water partition coefficient (Wildman–Crippen LogP) is -4.67. The summed E-state index contributed by atoms with van der Waals surface area (Å²) in [5.41, 5.74) is 13.1. The summed E-state index contributed by atoms with van der Waals surface area (Å²) < 4.78 is 1.44. The molecule has 0 aliphatic carbocycles. The summed E-state index contributed by atoms with van der Waals surface area (Å²) in [4.78, 5) is 220. The quantitative estimate of drug-likeness (QED) is 0.0392. The summed E-state index contributed by atoms with van der Waals surface area (Å²) in [6, 6.07) is -12.2. The molecule has 38 nitrogen and oxygen atoms in total. The number of fused-ring (bicyclic) bond motifs is 7. The lowest BCUT2D eigenvalue weighted by Crippen LogP contribution is -2.61. The topological polar surface area (TPSA) is 588 Å². The van der Waals surface area contributed by atoms with E-state index in [0.717, 1.165) is 28.5 Å². The average Bonchev–Trinajstić information content (AvgIpc) is 1.41. The number of aromatic nitrogens is 6. The number of primary amides is 1. The first-order valence-corrected chi connectivity index (χ1v) is 36.3. The highest BCUT2D eigenvalue weighted by molar-refractivity contribution is 8.76. The number of hydrogen-bond donors (Lipinski definition) is 19. The maximum atomic E-state index is 15.2. The number of para-hydroxylation sites is 1. The van der Waals surface area contributed by atoms with Crippen molar-refractivity contribution in [1.82, 2.24) is 93.7 Å². The lowest BCUT2D eigenvalue weighted by atomic mass is 10.0. The molecule has 0 saturated carbocycles. The molecule has 2 aliphatic rings. The molecule has 21 N–H and O–H groups in total. The number of carbonyl (C=O) groups is 15. The molecule has 0 saturated heterocycles. The van der Waals surface area contributed by atoms with Crippen molar-refractivity contribution >= 4 is 121 Å². The number of aliphatic carboxylic acids is 2. The van der Waals surface area contributed by atoms with Crippen molar-refractivity contribution < 1.29 is 87.2 Å². The van der Waals surface area contributed by atoms with Crippen LogP contribution in [-0.4, -0.2) is 231 Å². The molecule has 0 radical (unpaired) electrons. The molecular formula is C64H92N20O18S2. The highest BCUT2D eigenvalue weighted by Crippen LogP contribution is 2.25. The maximum absolute atomic E-state index is 15.2. The van der Waals surface area contributed by atoms with Gasteiger partial charge in [-0.05, 0) is 82.8 Å². The molecule has 0 fully saturated rings. The smallest absolute Gasteiger partial charge is 0.305 e. The third kappa shape index (κ3) is 26.2. The number of nitrogens with zero attached hydrogens (tertiary/aromatic N) is 4. The van der Waals surface area contributed by atoms with Crippen molar-refractivity contribution in [3.63, 3.8) is 0 Å². The van der Waals surface area contributed by atoms with Gasteiger partial charge in [0.15, 0.2) is 0 Å². The summed E-state index contributed by atoms with van der Waals surface area (Å²) >= 11 is 0. The molecule has 4 bridgehead atoms. The Morgan fingerprint density at radius 3 is 2.00 bits per heavy atom. The van der Waals surface area contributed by atoms with E-state index in [0.29, 0.717) is 16.5 Å². The minimum absolute atomic E-state index is 0.0405. The number of carbonyl (C=O) groups excluding carboxylic acids is 13. The van der Waals surface area contributed by atoms with E-state index in [9.17, 15) is 77.6 Å². The maximum Gasteiger partial charge on any atom is 0.305 e. The molecule has 40 heteroatoms. The monoisotopic (exact) mass is 1490 g/mol. The number of benzene rings is 1. The van der Waals surface area contributed by atoms with Crippen LogP contribution in [0.3, 0.4) is 0 Å². The molecule has 0 unspecified atom stereocenters. The summed E-state index contributed by atoms with van der Waals surface area (Å²) in [6.07, 6.45) is 1.58. The zero-order valence-corrected chi connectivity index (χ0v) is 59.6. The van der Waals surface area contributed by atoms with Crippen molar-refractivity contribution in [1.29, 1.82) is 0 Å². The van der Waals surface area contributed by atoms with E-state index in [1.807, 2.05) is 0 Å². The Hall–Kier alpha value is -10.2. The van der Waals surface area contributed by atoms with Gasteiger partial charge in [0.1, 0.15) is 66.5 Å². The largest absolute Gasteiger partial charge is 0.481 e. The van der Waals surface area contributed by atoms with E-state index >= 15 is 9.59 Å². The van der Waals surface area contributed by atoms with Gasteiger partial charge in [0, 0.05) is 66.8 Å². The molecule has 6 rings (SSSR count). The van der Waals surface area contributed by atoms with Crippen molar-refractivity contribution in [3.8, 4) is 0 Å². The third-order valence-electron chi connectivity index (χ3n) is 16.7. The minimum Gasteiger partial charge on any atom is -0.481 e. The third-order valence-corrected chi connectivity index (χ3v) is 19.1. The second-order valence-corrected chi connectivity index (χ2v) is 28.2. The van der Waals surface area contributed by atoms with Gasteiger partial charge in [-0.2, -0.15) is 0 Å². The Kier molecular flexibility index (Phi) is 32.3. The fourth-order valence-corrected chi connectivity index (χ4v) is 13.4. The fraction of sp³-hybridized carbons (Fsp3) is 0.562. The van der Waals surface area contributed by atoms with Gasteiger partial charge in [0.25, 0.3) is 0 Å². The molecule has 104 heavy (non-hydrogen) atoms. The first kappa shape index (κ1) is 82.7. The van der Waals surface area contributed by atoms with Gasteiger partial charge in [-0.3, -0.25) is 76.6 Å². The second-order valence-electron chi connectivity index (χ2n) is 25.6. The van der Waals surface area contributed by atoms with E-state index in [1.165, 1.54) is 30.3 Å². The van der Waals surface area contributed by atoms with Crippen LogP contribution in [0.2, 0.25) is 0 Å². The number of aliphatic hydroxyl groups excluding tert-OH is 1. The number of rotatable bonds is 19. The summed E-state index contributed by atoms with van der Waals surface area (Å²) in [6.45, 7) is 6.82. The number of imidazole rings is 1. The van der Waals surface area contributed by atoms with Crippen LogP contribution in [-0.2, 0) is 97.7 Å². The Balaban J connectivity index is 1.50. The van der Waals surface area contributed by atoms with Gasteiger partial charge >= 0.3 is 11.9 Å². The number of amides is 13. The van der Waals surface area contributed by atoms with Crippen molar-refractivity contribution in [3.05, 3.63) is 66.1 Å². The normalized spacial score (nSPS) is 24.3. The number of H-pyrrole nitrogens is 2. The Bertz CT molecular complexity index is 3700. The standard InChI is InChI=1S/C64H92N20O18S2/c1-6-11-40-57(95)75-41-14-9-10-19-84-27-35(82-83-84)15-16-43(60(98)78-46(22-36-25-67-30-70-36)62(100)76-44(20-31(2)3)56(94)69-26-49(86)72-42(59(97)74-40)17-18-50(87)88)73-54(92)32(4)71-63(101)47(79-55(93)38(65)23-51(89)90)28-103-104-29-48(64(102)81-52(33(5)85)53(66)91)80-61(99)45(77-58(41)96)21-34-24-68-39-13-8-7-12-37(34)39/h7-8,12-13,24-25,27,30-33,38,40-48,52,68,85H,6,9-11,14-23,26,28-29,65H2,1-5H3,(H2,66,91)(H,67,70)(H,69,94)(H,71,101)(H,72,86)(H,73,92)(H,74,97)(H,75,95)(H,76,100)(H,77,96)(H,78,98)(H,79,93)(H,80,99)(H,81,102)(H,87,88)(H,89,90)/t32-,33+,38-,40-,41-,42-,43-,44-,45-,46-,47-,48-,52-/m0/s1. The molecule has 4 aromatic rings. The van der Waals surface area contributed by atoms with Crippen LogP contribution in [0, 0.1) is 5.92 Å². The molecule has 3 aromatic heterocycles. The number of carboxylic acids is 2. The van der Waals surface area contributed by atoms with E-state index in [4.69, 9.17) is 11.5 Å². The fourth-order valence-electron chi connectivity index (χ4n) is 11.0. The number of aromatic amines is 2. The van der Waals surface area contributed by atoms with E-state index < -0.39 is 205 Å². The molecule has 13 atom stereocenters. The van der Waals surface area contributed by atoms with Crippen molar-refractivity contribution in [2.75, 3.05) is 18.1 Å². The van der Waals surface area contributed by atoms with E-state index in [-0.39, 0.29) is 88.1 Å². The Labute approximate surface area is 604 Å². The average molecular weight is 1490 g/mol. The van der Waals surface area contributed by atoms with Gasteiger partial charge in [0.2, 0.25) is 76.8 Å². The molecule has 0 spiro atoms. The van der Waals surface area contributed by atoms with Crippen molar-refractivity contribution in [2.24, 2.45) is 17.4 Å². The van der Waals surface area contributed by atoms with Crippen molar-refractivity contribution in [2.45, 2.75) is 203 Å². The zero-order valence-electron chi connectivity index (χ0n) is 57.9. The van der Waals surface area contributed by atoms with Gasteiger partial charge in [0.05, 0.1) is 42.8 Å².